The lowest BCUT2D eigenvalue weighted by molar-refractivity contribution is -0.138. The number of hydrogen-bond acceptors (Lipinski definition) is 8. The quantitative estimate of drug-likeness (QED) is 0.125. The van der Waals surface area contributed by atoms with E-state index in [2.05, 4.69) is 48.2 Å². The molecule has 0 aliphatic carbocycles. The Kier molecular flexibility index (Phi) is 11.6. The number of aryl methyl sites for hydroxylation is 2. The highest BCUT2D eigenvalue weighted by Crippen LogP contribution is 2.34. The van der Waals surface area contributed by atoms with Gasteiger partial charge in [0, 0.05) is 75.3 Å². The molecule has 0 saturated heterocycles. The van der Waals surface area contributed by atoms with Crippen molar-refractivity contribution in [1.82, 2.24) is 30.4 Å². The molecular weight excluding hydrogens is 585 g/mol. The lowest BCUT2D eigenvalue weighted by Gasteiger charge is -2.16. The van der Waals surface area contributed by atoms with Crippen molar-refractivity contribution in [3.05, 3.63) is 94.6 Å². The molecule has 0 radical (unpaired) electrons. The Morgan fingerprint density at radius 2 is 1.82 bits per heavy atom. The van der Waals surface area contributed by atoms with Crippen LogP contribution in [0.1, 0.15) is 44.6 Å². The van der Waals surface area contributed by atoms with Crippen LogP contribution in [-0.2, 0) is 24.0 Å². The van der Waals surface area contributed by atoms with Gasteiger partial charge in [-0.2, -0.15) is 18.3 Å². The molecule has 0 fully saturated rings. The summed E-state index contributed by atoms with van der Waals surface area (Å²) in [4.78, 5) is 21.6. The van der Waals surface area contributed by atoms with Crippen LogP contribution in [0.15, 0.2) is 61.2 Å². The summed E-state index contributed by atoms with van der Waals surface area (Å²) in [7, 11) is 3.43. The molecule has 0 aliphatic heterocycles. The number of halogens is 3. The monoisotopic (exact) mass is 620 g/mol. The van der Waals surface area contributed by atoms with Crippen molar-refractivity contribution in [1.29, 1.82) is 0 Å². The number of aromatic nitrogens is 4. The molecule has 4 N–H and O–H groups in total. The fraction of sp³-hybridized carbons (Fsp3) is 0.312. The standard InChI is InChI=1S/C32H35F3N8O2/c1-22-5-7-25(30(44)41-27-10-9-26(19-37-12-11-36-2)29(16-27)32(33,34)35)15-24(22)8-6-23-17-38-31(39-18-23)42-28-20-40-43(21-28)13-4-14-45-3/h5,7,9-10,15-18,20-21,36-37H,4,11-14,19H2,1-3H3,(H,41,44)(H,38,39,42). The molecular formula is C32H35F3N8O2. The van der Waals surface area contributed by atoms with Crippen molar-refractivity contribution in [2.24, 2.45) is 0 Å². The van der Waals surface area contributed by atoms with Crippen molar-refractivity contribution in [2.75, 3.05) is 44.5 Å². The fourth-order valence-electron chi connectivity index (χ4n) is 4.26. The molecule has 0 unspecified atom stereocenters. The Morgan fingerprint density at radius 3 is 2.56 bits per heavy atom. The summed E-state index contributed by atoms with van der Waals surface area (Å²) in [5, 5.41) is 15.9. The van der Waals surface area contributed by atoms with E-state index in [1.807, 2.05) is 13.1 Å². The van der Waals surface area contributed by atoms with Crippen molar-refractivity contribution >= 4 is 23.2 Å². The lowest BCUT2D eigenvalue weighted by atomic mass is 10.0. The van der Waals surface area contributed by atoms with Gasteiger partial charge < -0.3 is 26.0 Å². The molecule has 10 nitrogen and oxygen atoms in total. The van der Waals surface area contributed by atoms with Gasteiger partial charge in [0.05, 0.1) is 23.0 Å². The van der Waals surface area contributed by atoms with Gasteiger partial charge in [-0.25, -0.2) is 9.97 Å². The second-order valence-corrected chi connectivity index (χ2v) is 10.1. The van der Waals surface area contributed by atoms with Crippen LogP contribution in [0.4, 0.5) is 30.5 Å². The van der Waals surface area contributed by atoms with Gasteiger partial charge in [-0.3, -0.25) is 9.48 Å². The van der Waals surface area contributed by atoms with Gasteiger partial charge in [0.25, 0.3) is 5.91 Å². The normalized spacial score (nSPS) is 11.2. The number of amides is 1. The Bertz CT molecular complexity index is 1640. The van der Waals surface area contributed by atoms with Crippen LogP contribution in [0.25, 0.3) is 0 Å². The molecule has 2 aromatic carbocycles. The van der Waals surface area contributed by atoms with E-state index in [9.17, 15) is 18.0 Å². The summed E-state index contributed by atoms with van der Waals surface area (Å²) < 4.78 is 48.2. The molecule has 0 bridgehead atoms. The number of methoxy groups -OCH3 is 1. The zero-order chi connectivity index (χ0) is 32.2. The molecule has 13 heteroatoms. The molecule has 0 spiro atoms. The van der Waals surface area contributed by atoms with Crippen molar-refractivity contribution < 1.29 is 22.7 Å². The van der Waals surface area contributed by atoms with Crippen LogP contribution in [0.3, 0.4) is 0 Å². The minimum Gasteiger partial charge on any atom is -0.385 e. The Balaban J connectivity index is 1.41. The van der Waals surface area contributed by atoms with Crippen molar-refractivity contribution in [2.45, 2.75) is 32.6 Å². The summed E-state index contributed by atoms with van der Waals surface area (Å²) >= 11 is 0. The van der Waals surface area contributed by atoms with Crippen LogP contribution in [0, 0.1) is 18.8 Å². The number of carbonyl (C=O) groups is 1. The molecule has 2 heterocycles. The van der Waals surface area contributed by atoms with E-state index in [0.717, 1.165) is 30.3 Å². The zero-order valence-electron chi connectivity index (χ0n) is 25.3. The van der Waals surface area contributed by atoms with Gasteiger partial charge in [-0.1, -0.05) is 24.0 Å². The molecule has 2 aromatic heterocycles. The van der Waals surface area contributed by atoms with Gasteiger partial charge in [-0.05, 0) is 55.8 Å². The highest BCUT2D eigenvalue weighted by Gasteiger charge is 2.33. The smallest absolute Gasteiger partial charge is 0.385 e. The highest BCUT2D eigenvalue weighted by atomic mass is 19.4. The van der Waals surface area contributed by atoms with E-state index in [-0.39, 0.29) is 23.4 Å². The Morgan fingerprint density at radius 1 is 1.02 bits per heavy atom. The maximum atomic E-state index is 13.8. The molecule has 236 valence electrons. The summed E-state index contributed by atoms with van der Waals surface area (Å²) in [5.74, 6) is 5.87. The number of likely N-dealkylation sites (N-methyl/N-ethyl adjacent to an activating group) is 1. The summed E-state index contributed by atoms with van der Waals surface area (Å²) in [5.41, 5.74) is 2.33. The number of ether oxygens (including phenoxy) is 1. The molecule has 0 aliphatic rings. The van der Waals surface area contributed by atoms with E-state index in [4.69, 9.17) is 4.74 Å². The summed E-state index contributed by atoms with van der Waals surface area (Å²) in [6, 6.07) is 8.73. The zero-order valence-corrected chi connectivity index (χ0v) is 25.3. The Labute approximate surface area is 259 Å². The summed E-state index contributed by atoms with van der Waals surface area (Å²) in [6.45, 7) is 4.43. The predicted octanol–water partition coefficient (Wildman–Crippen LogP) is 4.74. The van der Waals surface area contributed by atoms with Gasteiger partial charge >= 0.3 is 6.18 Å². The van der Waals surface area contributed by atoms with E-state index >= 15 is 0 Å². The number of carbonyl (C=O) groups excluding carboxylic acids is 1. The number of hydrogen-bond donors (Lipinski definition) is 4. The largest absolute Gasteiger partial charge is 0.416 e. The second kappa shape index (κ2) is 15.8. The summed E-state index contributed by atoms with van der Waals surface area (Å²) in [6.07, 6.45) is 2.98. The SMILES string of the molecule is CNCCNCc1ccc(NC(=O)c2ccc(C)c(C#Cc3cnc(Nc4cnn(CCCOC)c4)nc3)c2)cc1C(F)(F)F. The van der Waals surface area contributed by atoms with Crippen LogP contribution in [0.2, 0.25) is 0 Å². The number of anilines is 3. The maximum Gasteiger partial charge on any atom is 0.416 e. The van der Waals surface area contributed by atoms with E-state index < -0.39 is 17.6 Å². The third kappa shape index (κ3) is 9.87. The molecule has 45 heavy (non-hydrogen) atoms. The van der Waals surface area contributed by atoms with Crippen LogP contribution in [0.5, 0.6) is 0 Å². The first-order valence-electron chi connectivity index (χ1n) is 14.3. The van der Waals surface area contributed by atoms with E-state index in [1.54, 1.807) is 55.6 Å². The van der Waals surface area contributed by atoms with E-state index in [1.165, 1.54) is 12.1 Å². The topological polar surface area (TPSA) is 118 Å². The first-order chi connectivity index (χ1) is 21.7. The minimum atomic E-state index is -4.57. The third-order valence-electron chi connectivity index (χ3n) is 6.66. The first-order valence-corrected chi connectivity index (χ1v) is 14.3. The van der Waals surface area contributed by atoms with E-state index in [0.29, 0.717) is 36.8 Å². The lowest BCUT2D eigenvalue weighted by Crippen LogP contribution is -2.25. The maximum absolute atomic E-state index is 13.8. The first kappa shape index (κ1) is 33.1. The van der Waals surface area contributed by atoms with Gasteiger partial charge in [-0.15, -0.1) is 0 Å². The van der Waals surface area contributed by atoms with Gasteiger partial charge in [0.1, 0.15) is 0 Å². The number of rotatable bonds is 13. The number of alkyl halides is 3. The van der Waals surface area contributed by atoms with Crippen LogP contribution in [-0.4, -0.2) is 59.5 Å². The van der Waals surface area contributed by atoms with Crippen LogP contribution < -0.4 is 21.3 Å². The Hall–Kier alpha value is -4.77. The third-order valence-corrected chi connectivity index (χ3v) is 6.66. The second-order valence-electron chi connectivity index (χ2n) is 10.1. The molecule has 1 amide bonds. The fourth-order valence-corrected chi connectivity index (χ4v) is 4.26. The van der Waals surface area contributed by atoms with Gasteiger partial charge in [0.2, 0.25) is 5.95 Å². The molecule has 4 aromatic rings. The molecule has 0 saturated carbocycles. The molecule has 0 atom stereocenters. The number of nitrogens with one attached hydrogen (secondary N) is 4. The van der Waals surface area contributed by atoms with Crippen LogP contribution >= 0.6 is 0 Å². The average molecular weight is 621 g/mol. The highest BCUT2D eigenvalue weighted by molar-refractivity contribution is 6.04. The molecule has 4 rings (SSSR count). The van der Waals surface area contributed by atoms with Crippen molar-refractivity contribution in [3.63, 3.8) is 0 Å². The van der Waals surface area contributed by atoms with Crippen molar-refractivity contribution in [3.8, 4) is 11.8 Å². The average Bonchev–Trinajstić information content (AvgIpc) is 3.46. The number of benzene rings is 2. The van der Waals surface area contributed by atoms with Gasteiger partial charge in [0.15, 0.2) is 0 Å². The predicted molar refractivity (Wildman–Crippen MR) is 166 cm³/mol. The number of nitrogens with zero attached hydrogens (tertiary/aromatic N) is 4. The minimum absolute atomic E-state index is 0.0452.